The maximum absolute atomic E-state index is 12.6. The minimum absolute atomic E-state index is 0.148. The molecule has 4 aromatic rings. The first kappa shape index (κ1) is 19.7. The van der Waals surface area contributed by atoms with Gasteiger partial charge in [0.2, 0.25) is 11.0 Å². The highest BCUT2D eigenvalue weighted by molar-refractivity contribution is 7.18. The van der Waals surface area contributed by atoms with E-state index in [2.05, 4.69) is 25.5 Å². The highest BCUT2D eigenvalue weighted by Gasteiger charge is 2.15. The fourth-order valence-corrected chi connectivity index (χ4v) is 3.57. The van der Waals surface area contributed by atoms with E-state index in [-0.39, 0.29) is 12.0 Å². The first-order valence-electron chi connectivity index (χ1n) is 9.33. The summed E-state index contributed by atoms with van der Waals surface area (Å²) in [6.45, 7) is 3.83. The number of carbonyl (C=O) groups excluding carboxylic acids is 1. The lowest BCUT2D eigenvalue weighted by Gasteiger charge is -2.16. The van der Waals surface area contributed by atoms with Gasteiger partial charge in [-0.25, -0.2) is 4.98 Å². The second-order valence-electron chi connectivity index (χ2n) is 6.62. The molecule has 0 radical (unpaired) electrons. The maximum atomic E-state index is 12.6. The maximum Gasteiger partial charge on any atom is 0.259 e. The van der Waals surface area contributed by atoms with Crippen molar-refractivity contribution in [1.29, 1.82) is 0 Å². The molecule has 1 atom stereocenters. The molecule has 0 saturated carbocycles. The second kappa shape index (κ2) is 8.79. The van der Waals surface area contributed by atoms with Crippen LogP contribution in [0.4, 0.5) is 5.13 Å². The number of aryl methyl sites for hydroxylation is 1. The van der Waals surface area contributed by atoms with E-state index in [4.69, 9.17) is 4.74 Å². The minimum Gasteiger partial charge on any atom is -0.470 e. The second-order valence-corrected chi connectivity index (χ2v) is 7.60. The van der Waals surface area contributed by atoms with Crippen LogP contribution in [0, 0.1) is 6.92 Å². The van der Waals surface area contributed by atoms with Crippen LogP contribution in [-0.4, -0.2) is 26.1 Å². The molecule has 1 aromatic carbocycles. The number of aromatic nitrogens is 4. The lowest BCUT2D eigenvalue weighted by Crippen LogP contribution is -2.13. The lowest BCUT2D eigenvalue weighted by atomic mass is 10.1. The zero-order valence-electron chi connectivity index (χ0n) is 16.4. The molecule has 3 heterocycles. The van der Waals surface area contributed by atoms with Crippen LogP contribution in [0.1, 0.15) is 34.5 Å². The molecule has 3 aromatic heterocycles. The number of carbonyl (C=O) groups is 1. The number of anilines is 1. The molecular weight excluding hydrogens is 398 g/mol. The van der Waals surface area contributed by atoms with Crippen LogP contribution in [0.15, 0.2) is 67.1 Å². The summed E-state index contributed by atoms with van der Waals surface area (Å²) in [6, 6.07) is 15.3. The van der Waals surface area contributed by atoms with E-state index in [9.17, 15) is 4.79 Å². The number of amides is 1. The first-order chi connectivity index (χ1) is 14.6. The summed E-state index contributed by atoms with van der Waals surface area (Å²) in [7, 11) is 0. The molecule has 0 aliphatic heterocycles. The van der Waals surface area contributed by atoms with Crippen LogP contribution < -0.4 is 10.1 Å². The van der Waals surface area contributed by atoms with Crippen molar-refractivity contribution in [3.05, 3.63) is 83.8 Å². The average Bonchev–Trinajstić information content (AvgIpc) is 3.24. The Labute approximate surface area is 177 Å². The number of pyridine rings is 2. The van der Waals surface area contributed by atoms with Crippen LogP contribution in [0.25, 0.3) is 10.6 Å². The molecule has 30 heavy (non-hydrogen) atoms. The normalized spacial score (nSPS) is 11.7. The van der Waals surface area contributed by atoms with Crippen LogP contribution in [0.3, 0.4) is 0 Å². The fourth-order valence-electron chi connectivity index (χ4n) is 2.82. The van der Waals surface area contributed by atoms with Crippen LogP contribution >= 0.6 is 11.3 Å². The van der Waals surface area contributed by atoms with E-state index in [1.807, 2.05) is 56.3 Å². The van der Waals surface area contributed by atoms with E-state index >= 15 is 0 Å². The number of rotatable bonds is 6. The number of hydrogen-bond acceptors (Lipinski definition) is 7. The number of ether oxygens (including phenoxy) is 1. The third kappa shape index (κ3) is 4.49. The molecule has 0 bridgehead atoms. The number of benzene rings is 1. The van der Waals surface area contributed by atoms with E-state index < -0.39 is 0 Å². The SMILES string of the molecule is Cc1cc(C(=O)Nc2nnc(-c3ccncc3)s2)cnc1OC(C)c1ccccc1. The third-order valence-corrected chi connectivity index (χ3v) is 5.31. The summed E-state index contributed by atoms with van der Waals surface area (Å²) in [5.74, 6) is 0.199. The van der Waals surface area contributed by atoms with Gasteiger partial charge in [-0.3, -0.25) is 15.1 Å². The van der Waals surface area contributed by atoms with Gasteiger partial charge in [0.15, 0.2) is 0 Å². The summed E-state index contributed by atoms with van der Waals surface area (Å²) in [6.07, 6.45) is 4.72. The molecule has 1 amide bonds. The molecule has 0 fully saturated rings. The number of nitrogens with one attached hydrogen (secondary N) is 1. The number of nitrogens with zero attached hydrogens (tertiary/aromatic N) is 4. The Morgan fingerprint density at radius 2 is 1.87 bits per heavy atom. The predicted molar refractivity (Wildman–Crippen MR) is 116 cm³/mol. The highest BCUT2D eigenvalue weighted by Crippen LogP contribution is 2.27. The van der Waals surface area contributed by atoms with Crippen molar-refractivity contribution in [2.24, 2.45) is 0 Å². The van der Waals surface area contributed by atoms with Gasteiger partial charge in [-0.1, -0.05) is 41.7 Å². The molecular formula is C22H19N5O2S. The number of hydrogen-bond donors (Lipinski definition) is 1. The fraction of sp³-hybridized carbons (Fsp3) is 0.136. The van der Waals surface area contributed by atoms with Crippen molar-refractivity contribution in [1.82, 2.24) is 20.2 Å². The van der Waals surface area contributed by atoms with Gasteiger partial charge < -0.3 is 4.74 Å². The van der Waals surface area contributed by atoms with Crippen molar-refractivity contribution in [3.63, 3.8) is 0 Å². The summed E-state index contributed by atoms with van der Waals surface area (Å²) < 4.78 is 5.97. The summed E-state index contributed by atoms with van der Waals surface area (Å²) in [4.78, 5) is 20.9. The largest absolute Gasteiger partial charge is 0.470 e. The van der Waals surface area contributed by atoms with Gasteiger partial charge in [0.25, 0.3) is 5.91 Å². The molecule has 0 saturated heterocycles. The zero-order chi connectivity index (χ0) is 20.9. The Bertz CT molecular complexity index is 1150. The summed E-state index contributed by atoms with van der Waals surface area (Å²) in [5, 5.41) is 12.1. The molecule has 1 unspecified atom stereocenters. The monoisotopic (exact) mass is 417 g/mol. The topological polar surface area (TPSA) is 89.9 Å². The first-order valence-corrected chi connectivity index (χ1v) is 10.2. The van der Waals surface area contributed by atoms with Crippen molar-refractivity contribution in [2.75, 3.05) is 5.32 Å². The van der Waals surface area contributed by atoms with Gasteiger partial charge in [-0.15, -0.1) is 10.2 Å². The minimum atomic E-state index is -0.300. The Morgan fingerprint density at radius 3 is 2.60 bits per heavy atom. The predicted octanol–water partition coefficient (Wildman–Crippen LogP) is 4.70. The van der Waals surface area contributed by atoms with Gasteiger partial charge in [-0.2, -0.15) is 0 Å². The standard InChI is InChI=1S/C22H19N5O2S/c1-14-12-18(13-24-20(14)29-15(2)16-6-4-3-5-7-16)19(28)25-22-27-26-21(30-22)17-8-10-23-11-9-17/h3-13,15H,1-2H3,(H,25,27,28). The van der Waals surface area contributed by atoms with Gasteiger partial charge in [0.05, 0.1) is 5.56 Å². The quantitative estimate of drug-likeness (QED) is 0.489. The van der Waals surface area contributed by atoms with Gasteiger partial charge in [0.1, 0.15) is 11.1 Å². The molecule has 1 N–H and O–H groups in total. The van der Waals surface area contributed by atoms with E-state index in [0.29, 0.717) is 21.6 Å². The van der Waals surface area contributed by atoms with E-state index in [1.54, 1.807) is 18.5 Å². The van der Waals surface area contributed by atoms with Crippen molar-refractivity contribution < 1.29 is 9.53 Å². The van der Waals surface area contributed by atoms with Gasteiger partial charge >= 0.3 is 0 Å². The highest BCUT2D eigenvalue weighted by atomic mass is 32.1. The summed E-state index contributed by atoms with van der Waals surface area (Å²) >= 11 is 1.30. The Hall–Kier alpha value is -3.65. The average molecular weight is 417 g/mol. The van der Waals surface area contributed by atoms with Crippen molar-refractivity contribution in [2.45, 2.75) is 20.0 Å². The van der Waals surface area contributed by atoms with Crippen LogP contribution in [0.2, 0.25) is 0 Å². The molecule has 8 heteroatoms. The molecule has 0 aliphatic carbocycles. The van der Waals surface area contributed by atoms with Gasteiger partial charge in [-0.05, 0) is 37.6 Å². The lowest BCUT2D eigenvalue weighted by molar-refractivity contribution is 0.102. The van der Waals surface area contributed by atoms with Crippen molar-refractivity contribution >= 4 is 22.4 Å². The summed E-state index contributed by atoms with van der Waals surface area (Å²) in [5.41, 5.74) is 3.16. The van der Waals surface area contributed by atoms with E-state index in [1.165, 1.54) is 17.5 Å². The molecule has 0 spiro atoms. The molecule has 4 rings (SSSR count). The van der Waals surface area contributed by atoms with Crippen LogP contribution in [0.5, 0.6) is 5.88 Å². The molecule has 7 nitrogen and oxygen atoms in total. The van der Waals surface area contributed by atoms with Crippen LogP contribution in [-0.2, 0) is 0 Å². The molecule has 0 aliphatic rings. The zero-order valence-corrected chi connectivity index (χ0v) is 17.3. The third-order valence-electron chi connectivity index (χ3n) is 4.42. The van der Waals surface area contributed by atoms with E-state index in [0.717, 1.165) is 16.7 Å². The van der Waals surface area contributed by atoms with Gasteiger partial charge in [0, 0.05) is 29.7 Å². The molecule has 150 valence electrons. The Balaban J connectivity index is 1.44. The Kier molecular flexibility index (Phi) is 5.76. The smallest absolute Gasteiger partial charge is 0.259 e. The van der Waals surface area contributed by atoms with Crippen molar-refractivity contribution in [3.8, 4) is 16.5 Å². The Morgan fingerprint density at radius 1 is 1.10 bits per heavy atom.